The molecule has 0 spiro atoms. The second kappa shape index (κ2) is 6.40. The Labute approximate surface area is 150 Å². The number of hydrogen-bond acceptors (Lipinski definition) is 3. The van der Waals surface area contributed by atoms with E-state index in [9.17, 15) is 9.18 Å². The van der Waals surface area contributed by atoms with Gasteiger partial charge in [-0.3, -0.25) is 9.89 Å². The average molecular weight is 353 g/mol. The van der Waals surface area contributed by atoms with Crippen molar-refractivity contribution in [1.82, 2.24) is 20.0 Å². The number of aromatic nitrogens is 4. The van der Waals surface area contributed by atoms with Crippen LogP contribution in [0.4, 0.5) is 10.2 Å². The Kier molecular flexibility index (Phi) is 4.06. The largest absolute Gasteiger partial charge is 0.309 e. The predicted molar refractivity (Wildman–Crippen MR) is 95.9 cm³/mol. The Morgan fingerprint density at radius 3 is 2.92 bits per heavy atom. The summed E-state index contributed by atoms with van der Waals surface area (Å²) in [6.07, 6.45) is 5.79. The molecule has 1 amide bonds. The second-order valence-corrected chi connectivity index (χ2v) is 6.85. The third-order valence-electron chi connectivity index (χ3n) is 4.77. The number of carbonyl (C=O) groups excluding carboxylic acids is 1. The fourth-order valence-corrected chi connectivity index (χ4v) is 2.86. The fourth-order valence-electron chi connectivity index (χ4n) is 2.86. The summed E-state index contributed by atoms with van der Waals surface area (Å²) in [4.78, 5) is 12.5. The quantitative estimate of drug-likeness (QED) is 0.735. The molecule has 7 heteroatoms. The number of carbonyl (C=O) groups is 1. The molecular formula is C19H20FN5O. The lowest BCUT2D eigenvalue weighted by molar-refractivity contribution is -0.117. The third kappa shape index (κ3) is 3.24. The highest BCUT2D eigenvalue weighted by Crippen LogP contribution is 2.39. The van der Waals surface area contributed by atoms with Crippen LogP contribution in [0.15, 0.2) is 36.7 Å². The van der Waals surface area contributed by atoms with Gasteiger partial charge in [-0.05, 0) is 50.5 Å². The van der Waals surface area contributed by atoms with Gasteiger partial charge in [-0.15, -0.1) is 0 Å². The van der Waals surface area contributed by atoms with Crippen LogP contribution in [-0.4, -0.2) is 25.9 Å². The molecule has 2 aromatic heterocycles. The Morgan fingerprint density at radius 2 is 2.19 bits per heavy atom. The predicted octanol–water partition coefficient (Wildman–Crippen LogP) is 3.66. The summed E-state index contributed by atoms with van der Waals surface area (Å²) in [5, 5.41) is 14.3. The van der Waals surface area contributed by atoms with E-state index < -0.39 is 0 Å². The van der Waals surface area contributed by atoms with Crippen molar-refractivity contribution in [2.24, 2.45) is 0 Å². The highest BCUT2D eigenvalue weighted by Gasteiger charge is 2.26. The molecule has 134 valence electrons. The lowest BCUT2D eigenvalue weighted by Gasteiger charge is -2.08. The van der Waals surface area contributed by atoms with Gasteiger partial charge in [0.05, 0.1) is 17.8 Å². The number of amides is 1. The van der Waals surface area contributed by atoms with E-state index in [0.29, 0.717) is 17.3 Å². The Balaban J connectivity index is 1.46. The molecule has 1 aliphatic carbocycles. The molecule has 1 aromatic carbocycles. The topological polar surface area (TPSA) is 75.6 Å². The van der Waals surface area contributed by atoms with Gasteiger partial charge in [0, 0.05) is 29.4 Å². The number of hydrogen-bond donors (Lipinski definition) is 2. The minimum atomic E-state index is -0.383. The molecule has 26 heavy (non-hydrogen) atoms. The summed E-state index contributed by atoms with van der Waals surface area (Å²) in [7, 11) is 0. The number of H-pyrrole nitrogens is 1. The summed E-state index contributed by atoms with van der Waals surface area (Å²) < 4.78 is 15.1. The van der Waals surface area contributed by atoms with Crippen molar-refractivity contribution in [2.45, 2.75) is 38.5 Å². The zero-order valence-corrected chi connectivity index (χ0v) is 14.7. The molecule has 4 rings (SSSR count). The van der Waals surface area contributed by atoms with E-state index in [1.165, 1.54) is 18.9 Å². The van der Waals surface area contributed by atoms with E-state index in [1.54, 1.807) is 36.1 Å². The normalized spacial score (nSPS) is 15.0. The average Bonchev–Trinajstić information content (AvgIpc) is 3.17. The zero-order valence-electron chi connectivity index (χ0n) is 14.7. The Hall–Kier alpha value is -2.96. The van der Waals surface area contributed by atoms with Gasteiger partial charge in [0.25, 0.3) is 0 Å². The Morgan fingerprint density at radius 1 is 1.38 bits per heavy atom. The standard InChI is InChI=1S/C19H20FN5O/c1-11-7-15(5-6-16(11)20)25-10-14(9-21-25)12(2)19(26)22-18-8-17(23-24-18)13-3-4-13/h5-10,12-13H,3-4H2,1-2H3,(H2,22,23,24,26)/t12-/m1/s1. The number of aromatic amines is 1. The molecule has 1 aliphatic rings. The lowest BCUT2D eigenvalue weighted by atomic mass is 10.0. The molecule has 0 radical (unpaired) electrons. The van der Waals surface area contributed by atoms with E-state index in [-0.39, 0.29) is 17.6 Å². The van der Waals surface area contributed by atoms with Crippen LogP contribution < -0.4 is 5.32 Å². The van der Waals surface area contributed by atoms with Crippen LogP contribution in [0.1, 0.15) is 48.4 Å². The monoisotopic (exact) mass is 353 g/mol. The van der Waals surface area contributed by atoms with Crippen molar-refractivity contribution in [3.05, 3.63) is 59.3 Å². The molecule has 2 N–H and O–H groups in total. The van der Waals surface area contributed by atoms with Crippen molar-refractivity contribution >= 4 is 11.7 Å². The van der Waals surface area contributed by atoms with Crippen LogP contribution in [0.3, 0.4) is 0 Å². The van der Waals surface area contributed by atoms with Crippen molar-refractivity contribution in [3.63, 3.8) is 0 Å². The van der Waals surface area contributed by atoms with Crippen molar-refractivity contribution in [2.75, 3.05) is 5.32 Å². The number of rotatable bonds is 5. The van der Waals surface area contributed by atoms with E-state index in [2.05, 4.69) is 20.6 Å². The highest BCUT2D eigenvalue weighted by atomic mass is 19.1. The number of aryl methyl sites for hydroxylation is 1. The summed E-state index contributed by atoms with van der Waals surface area (Å²) in [5.41, 5.74) is 3.16. The molecule has 1 fully saturated rings. The van der Waals surface area contributed by atoms with Crippen LogP contribution in [0.5, 0.6) is 0 Å². The number of nitrogens with zero attached hydrogens (tertiary/aromatic N) is 3. The highest BCUT2D eigenvalue weighted by molar-refractivity contribution is 5.94. The molecule has 2 heterocycles. The van der Waals surface area contributed by atoms with Crippen LogP contribution in [0.25, 0.3) is 5.69 Å². The van der Waals surface area contributed by atoms with Gasteiger partial charge in [0.2, 0.25) is 5.91 Å². The molecular weight excluding hydrogens is 333 g/mol. The number of anilines is 1. The summed E-state index contributed by atoms with van der Waals surface area (Å²) >= 11 is 0. The first-order chi connectivity index (χ1) is 12.5. The molecule has 0 unspecified atom stereocenters. The van der Waals surface area contributed by atoms with Crippen LogP contribution in [0.2, 0.25) is 0 Å². The van der Waals surface area contributed by atoms with Gasteiger partial charge in [0.1, 0.15) is 5.82 Å². The van der Waals surface area contributed by atoms with E-state index in [4.69, 9.17) is 0 Å². The van der Waals surface area contributed by atoms with Crippen molar-refractivity contribution in [1.29, 1.82) is 0 Å². The van der Waals surface area contributed by atoms with E-state index >= 15 is 0 Å². The van der Waals surface area contributed by atoms with Gasteiger partial charge in [-0.2, -0.15) is 10.2 Å². The molecule has 0 aliphatic heterocycles. The van der Waals surface area contributed by atoms with E-state index in [1.807, 2.05) is 13.0 Å². The van der Waals surface area contributed by atoms with Crippen LogP contribution >= 0.6 is 0 Å². The summed E-state index contributed by atoms with van der Waals surface area (Å²) in [6, 6.07) is 6.69. The minimum absolute atomic E-state index is 0.145. The minimum Gasteiger partial charge on any atom is -0.309 e. The van der Waals surface area contributed by atoms with Crippen LogP contribution in [0, 0.1) is 12.7 Å². The SMILES string of the molecule is Cc1cc(-n2cc([C@@H](C)C(=O)Nc3cc(C4CC4)[nH]n3)cn2)ccc1F. The van der Waals surface area contributed by atoms with Gasteiger partial charge in [0.15, 0.2) is 5.82 Å². The Bertz CT molecular complexity index is 957. The lowest BCUT2D eigenvalue weighted by Crippen LogP contribution is -2.18. The maximum Gasteiger partial charge on any atom is 0.232 e. The van der Waals surface area contributed by atoms with Crippen LogP contribution in [-0.2, 0) is 4.79 Å². The molecule has 1 atom stereocenters. The molecule has 3 aromatic rings. The van der Waals surface area contributed by atoms with Crippen molar-refractivity contribution in [3.8, 4) is 5.69 Å². The van der Waals surface area contributed by atoms with Gasteiger partial charge in [-0.25, -0.2) is 9.07 Å². The second-order valence-electron chi connectivity index (χ2n) is 6.85. The first-order valence-electron chi connectivity index (χ1n) is 8.68. The molecule has 6 nitrogen and oxygen atoms in total. The van der Waals surface area contributed by atoms with Crippen molar-refractivity contribution < 1.29 is 9.18 Å². The fraction of sp³-hybridized carbons (Fsp3) is 0.316. The summed E-state index contributed by atoms with van der Waals surface area (Å²) in [5.74, 6) is 0.326. The third-order valence-corrected chi connectivity index (χ3v) is 4.77. The summed E-state index contributed by atoms with van der Waals surface area (Å²) in [6.45, 7) is 3.53. The maximum atomic E-state index is 13.4. The van der Waals surface area contributed by atoms with Gasteiger partial charge < -0.3 is 5.32 Å². The zero-order chi connectivity index (χ0) is 18.3. The first-order valence-corrected chi connectivity index (χ1v) is 8.68. The smallest absolute Gasteiger partial charge is 0.232 e. The number of nitrogens with one attached hydrogen (secondary N) is 2. The van der Waals surface area contributed by atoms with E-state index in [0.717, 1.165) is 16.9 Å². The molecule has 0 bridgehead atoms. The van der Waals surface area contributed by atoms with Gasteiger partial charge in [-0.1, -0.05) is 0 Å². The first kappa shape index (κ1) is 16.5. The number of benzene rings is 1. The molecule has 0 saturated heterocycles. The van der Waals surface area contributed by atoms with Gasteiger partial charge >= 0.3 is 0 Å². The molecule has 1 saturated carbocycles. The number of halogens is 1. The maximum absolute atomic E-state index is 13.4.